The van der Waals surface area contributed by atoms with Crippen molar-refractivity contribution in [3.05, 3.63) is 149 Å². The highest BCUT2D eigenvalue weighted by Gasteiger charge is 2.43. The van der Waals surface area contributed by atoms with Crippen molar-refractivity contribution in [2.45, 2.75) is 78.1 Å². The summed E-state index contributed by atoms with van der Waals surface area (Å²) in [6.07, 6.45) is 5.15. The minimum absolute atomic E-state index is 0.130. The molecule has 5 nitrogen and oxygen atoms in total. The quantitative estimate of drug-likeness (QED) is 0.160. The summed E-state index contributed by atoms with van der Waals surface area (Å²) in [6.45, 7) is 16.7. The summed E-state index contributed by atoms with van der Waals surface area (Å²) in [5.41, 5.74) is 4.39. The molecule has 1 aliphatic heterocycles. The molecule has 0 saturated carbocycles. The van der Waals surface area contributed by atoms with Gasteiger partial charge in [0.1, 0.15) is 5.82 Å². The van der Waals surface area contributed by atoms with Gasteiger partial charge in [0.2, 0.25) is 11.4 Å². The number of halogens is 2. The Morgan fingerprint density at radius 3 is 2.06 bits per heavy atom. The first-order valence-corrected chi connectivity index (χ1v) is 18.2. The number of hydrogen-bond acceptors (Lipinski definition) is 2. The first-order chi connectivity index (χ1) is 27.3. The van der Waals surface area contributed by atoms with E-state index < -0.39 is 18.0 Å². The third-order valence-electron chi connectivity index (χ3n) is 10.2. The Kier molecular flexibility index (Phi) is 7.19. The van der Waals surface area contributed by atoms with Crippen LogP contribution in [0.2, 0.25) is 0 Å². The third kappa shape index (κ3) is 5.84. The average molecular weight is 722 g/mol. The van der Waals surface area contributed by atoms with Crippen molar-refractivity contribution in [2.75, 3.05) is 0 Å². The van der Waals surface area contributed by atoms with Crippen LogP contribution in [0.1, 0.15) is 94.6 Å². The maximum absolute atomic E-state index is 17.1. The van der Waals surface area contributed by atoms with E-state index in [4.69, 9.17) is 5.48 Å². The second kappa shape index (κ2) is 12.7. The lowest BCUT2D eigenvalue weighted by molar-refractivity contribution is 0.0430. The van der Waals surface area contributed by atoms with Crippen LogP contribution in [0.4, 0.5) is 31.5 Å². The molecule has 0 spiro atoms. The van der Waals surface area contributed by atoms with Gasteiger partial charge in [-0.1, -0.05) is 110 Å². The number of rotatable bonds is 6. The van der Waals surface area contributed by atoms with Gasteiger partial charge in [-0.25, -0.2) is 4.98 Å². The van der Waals surface area contributed by atoms with E-state index in [1.807, 2.05) is 41.0 Å². The standard InChI is InChI=1S/C47H45F2N5/c1-30(2)31-21-24-51-43(25-31)54-41-27-33(19-20-35(41)36-22-23-50-28-42(36)54)47(48,49)32-13-11-14-34(26-32)52-29-53(40-18-10-9-17-39(40)52)44-37(45(3,4)5)15-12-16-38(44)46(6,7)8/h9-28,30H,1-8H3/q+2/i9D,10D,17D,18D. The number of benzene rings is 4. The van der Waals surface area contributed by atoms with Gasteiger partial charge in [0.05, 0.1) is 22.7 Å². The Morgan fingerprint density at radius 2 is 1.37 bits per heavy atom. The molecule has 0 unspecified atom stereocenters. The summed E-state index contributed by atoms with van der Waals surface area (Å²) in [5.74, 6) is -2.64. The molecule has 0 saturated heterocycles. The van der Waals surface area contributed by atoms with Gasteiger partial charge >= 0.3 is 6.01 Å². The van der Waals surface area contributed by atoms with Gasteiger partial charge in [0.25, 0.3) is 17.3 Å². The number of hydrogen-bond donors (Lipinski definition) is 0. The van der Waals surface area contributed by atoms with Crippen LogP contribution in [-0.4, -0.2) is 20.5 Å². The SMILES string of the molecule is [2H]c1c([2H])c([2H])c2c(c1[2H])[N+](c1cccc(C(F)(F)c3ccc4c5ccncc5n(-c5cc(C(C)C)ccn5)c4c3)c1)=C=[N+]2c1c(C(C)(C)C)cccc1C(C)(C)C. The Bertz CT molecular complexity index is 2880. The zero-order chi connectivity index (χ0) is 41.6. The van der Waals surface area contributed by atoms with Crippen molar-refractivity contribution in [2.24, 2.45) is 0 Å². The highest BCUT2D eigenvalue weighted by Crippen LogP contribution is 2.45. The molecule has 0 N–H and O–H groups in total. The van der Waals surface area contributed by atoms with Gasteiger partial charge in [0, 0.05) is 69.6 Å². The molecule has 3 aromatic heterocycles. The van der Waals surface area contributed by atoms with Gasteiger partial charge in [0.15, 0.2) is 0 Å². The molecule has 4 heterocycles. The van der Waals surface area contributed by atoms with Crippen LogP contribution in [0.3, 0.4) is 0 Å². The van der Waals surface area contributed by atoms with Crippen molar-refractivity contribution < 1.29 is 14.3 Å². The molecule has 0 bridgehead atoms. The van der Waals surface area contributed by atoms with E-state index in [0.29, 0.717) is 11.3 Å². The molecule has 0 fully saturated rings. The highest BCUT2D eigenvalue weighted by molar-refractivity contribution is 6.09. The fourth-order valence-corrected chi connectivity index (χ4v) is 7.40. The molecule has 1 aliphatic rings. The van der Waals surface area contributed by atoms with Crippen LogP contribution in [0.25, 0.3) is 27.6 Å². The predicted octanol–water partition coefficient (Wildman–Crippen LogP) is 12.3. The summed E-state index contributed by atoms with van der Waals surface area (Å²) < 4.78 is 74.8. The average Bonchev–Trinajstić information content (AvgIpc) is 3.75. The van der Waals surface area contributed by atoms with E-state index in [-0.39, 0.29) is 57.0 Å². The molecule has 7 aromatic rings. The summed E-state index contributed by atoms with van der Waals surface area (Å²) in [6, 6.07) is 24.5. The van der Waals surface area contributed by atoms with E-state index in [0.717, 1.165) is 38.7 Å². The van der Waals surface area contributed by atoms with Crippen LogP contribution in [-0.2, 0) is 16.8 Å². The van der Waals surface area contributed by atoms with Crippen molar-refractivity contribution in [3.63, 3.8) is 0 Å². The molecule has 4 aromatic carbocycles. The van der Waals surface area contributed by atoms with Gasteiger partial charge in [-0.2, -0.15) is 8.78 Å². The number of alkyl halides is 2. The van der Waals surface area contributed by atoms with Crippen molar-refractivity contribution >= 4 is 50.6 Å². The highest BCUT2D eigenvalue weighted by atomic mass is 19.3. The summed E-state index contributed by atoms with van der Waals surface area (Å²) in [7, 11) is 0. The number of nitrogens with zero attached hydrogens (tertiary/aromatic N) is 5. The number of fused-ring (bicyclic) bond motifs is 4. The van der Waals surface area contributed by atoms with E-state index in [9.17, 15) is 0 Å². The summed E-state index contributed by atoms with van der Waals surface area (Å²) in [4.78, 5) is 9.01. The van der Waals surface area contributed by atoms with Crippen LogP contribution in [0.5, 0.6) is 0 Å². The Labute approximate surface area is 321 Å². The zero-order valence-corrected chi connectivity index (χ0v) is 31.8. The smallest absolute Gasteiger partial charge is 0.292 e. The Hall–Kier alpha value is -5.78. The lowest BCUT2D eigenvalue weighted by atomic mass is 9.78. The minimum Gasteiger partial charge on any atom is -0.292 e. The summed E-state index contributed by atoms with van der Waals surface area (Å²) >= 11 is 0. The first kappa shape index (κ1) is 30.7. The second-order valence-corrected chi connectivity index (χ2v) is 16.4. The Balaban J connectivity index is 1.35. The fourth-order valence-electron chi connectivity index (χ4n) is 7.40. The van der Waals surface area contributed by atoms with Gasteiger partial charge in [-0.3, -0.25) is 9.55 Å². The normalized spacial score (nSPS) is 14.5. The van der Waals surface area contributed by atoms with Gasteiger partial charge in [-0.15, -0.1) is 0 Å². The zero-order valence-electron chi connectivity index (χ0n) is 35.8. The first-order valence-electron chi connectivity index (χ1n) is 20.2. The number of aromatic nitrogens is 3. The maximum atomic E-state index is 17.1. The van der Waals surface area contributed by atoms with Crippen molar-refractivity contribution in [1.29, 1.82) is 0 Å². The fraction of sp³-hybridized carbons (Fsp3) is 0.255. The second-order valence-electron chi connectivity index (χ2n) is 16.4. The minimum atomic E-state index is -3.48. The van der Waals surface area contributed by atoms with Crippen LogP contribution in [0.15, 0.2) is 122 Å². The molecule has 270 valence electrons. The molecule has 0 atom stereocenters. The van der Waals surface area contributed by atoms with Crippen LogP contribution >= 0.6 is 0 Å². The van der Waals surface area contributed by atoms with E-state index >= 15 is 8.78 Å². The molecule has 0 aliphatic carbocycles. The molecular weight excluding hydrogens is 673 g/mol. The van der Waals surface area contributed by atoms with Gasteiger partial charge < -0.3 is 0 Å². The molecule has 54 heavy (non-hydrogen) atoms. The lowest BCUT2D eigenvalue weighted by Gasteiger charge is -2.25. The number of para-hydroxylation sites is 3. The van der Waals surface area contributed by atoms with Crippen molar-refractivity contribution in [1.82, 2.24) is 23.7 Å². The van der Waals surface area contributed by atoms with Crippen LogP contribution < -0.4 is 9.15 Å². The molecule has 7 heteroatoms. The van der Waals surface area contributed by atoms with E-state index in [1.165, 1.54) is 28.8 Å². The topological polar surface area (TPSA) is 36.7 Å². The number of pyridine rings is 2. The third-order valence-corrected chi connectivity index (χ3v) is 10.2. The van der Waals surface area contributed by atoms with E-state index in [2.05, 4.69) is 71.4 Å². The molecule has 0 radical (unpaired) electrons. The van der Waals surface area contributed by atoms with E-state index in [1.54, 1.807) is 41.4 Å². The van der Waals surface area contributed by atoms with Crippen LogP contribution in [0, 0.1) is 0 Å². The van der Waals surface area contributed by atoms with Crippen molar-refractivity contribution in [3.8, 4) is 5.82 Å². The molecule has 8 rings (SSSR count). The monoisotopic (exact) mass is 721 g/mol. The molecular formula is C47H45F2N5+2. The summed E-state index contributed by atoms with van der Waals surface area (Å²) in [5, 5.41) is 1.66. The lowest BCUT2D eigenvalue weighted by Crippen LogP contribution is -2.21. The largest absolute Gasteiger partial charge is 0.503 e. The predicted molar refractivity (Wildman–Crippen MR) is 218 cm³/mol. The van der Waals surface area contributed by atoms with Gasteiger partial charge in [-0.05, 0) is 55.7 Å². The molecule has 0 amide bonds. The Morgan fingerprint density at radius 1 is 0.722 bits per heavy atom. The maximum Gasteiger partial charge on any atom is 0.503 e.